The summed E-state index contributed by atoms with van der Waals surface area (Å²) in [5.41, 5.74) is 1.37. The number of carbonyl (C=O) groups is 2. The Morgan fingerprint density at radius 3 is 2.83 bits per heavy atom. The molecule has 3 N–H and O–H groups in total. The standard InChI is InChI=1S/C18H24BN5O5/c1-3-23(4-2)9-13-10-24(22-21-13)11-16(25)20-15-8-12-6-5-7-14(18(26)27)17(12)29-19(15)28/h5-7,10,15,28H,3-4,8-9,11H2,1-2H3,(H,20,25)(H,26,27)/t15-/m0/s1. The lowest BCUT2D eigenvalue weighted by molar-refractivity contribution is -0.122. The zero-order valence-corrected chi connectivity index (χ0v) is 16.4. The topological polar surface area (TPSA) is 130 Å². The number of carboxylic acids is 1. The number of amides is 1. The van der Waals surface area contributed by atoms with Crippen LogP contribution in [0.4, 0.5) is 0 Å². The predicted octanol–water partition coefficient (Wildman–Crippen LogP) is -0.0423. The second kappa shape index (κ2) is 9.06. The zero-order valence-electron chi connectivity index (χ0n) is 16.4. The van der Waals surface area contributed by atoms with Crippen LogP contribution in [0.25, 0.3) is 0 Å². The molecular weight excluding hydrogens is 377 g/mol. The molecule has 2 aromatic rings. The average Bonchev–Trinajstić information content (AvgIpc) is 3.12. The van der Waals surface area contributed by atoms with Gasteiger partial charge < -0.3 is 20.1 Å². The van der Waals surface area contributed by atoms with Gasteiger partial charge in [-0.05, 0) is 31.1 Å². The molecule has 1 atom stereocenters. The number of aromatic carboxylic acids is 1. The van der Waals surface area contributed by atoms with Gasteiger partial charge in [0.25, 0.3) is 0 Å². The Hall–Kier alpha value is -2.92. The highest BCUT2D eigenvalue weighted by atomic mass is 16.5. The number of hydrogen-bond donors (Lipinski definition) is 3. The summed E-state index contributed by atoms with van der Waals surface area (Å²) in [6.07, 6.45) is 1.98. The molecule has 1 aliphatic rings. The van der Waals surface area contributed by atoms with E-state index in [0.29, 0.717) is 12.1 Å². The molecule has 11 heteroatoms. The summed E-state index contributed by atoms with van der Waals surface area (Å²) in [6, 6.07) is 4.73. The molecule has 1 aliphatic heterocycles. The van der Waals surface area contributed by atoms with Crippen molar-refractivity contribution in [1.29, 1.82) is 0 Å². The fraction of sp³-hybridized carbons (Fsp3) is 0.444. The monoisotopic (exact) mass is 401 g/mol. The van der Waals surface area contributed by atoms with Crippen LogP contribution in [0.3, 0.4) is 0 Å². The van der Waals surface area contributed by atoms with Crippen molar-refractivity contribution in [3.05, 3.63) is 41.2 Å². The Labute approximate surface area is 168 Å². The van der Waals surface area contributed by atoms with Gasteiger partial charge in [-0.3, -0.25) is 9.69 Å². The number of rotatable bonds is 8. The first-order valence-electron chi connectivity index (χ1n) is 9.51. The Morgan fingerprint density at radius 2 is 2.14 bits per heavy atom. The van der Waals surface area contributed by atoms with Gasteiger partial charge in [0, 0.05) is 6.54 Å². The number of aromatic nitrogens is 3. The smallest absolute Gasteiger partial charge is 0.534 e. The van der Waals surface area contributed by atoms with E-state index in [1.165, 1.54) is 10.7 Å². The Bertz CT molecular complexity index is 885. The third-order valence-corrected chi connectivity index (χ3v) is 4.87. The first-order valence-corrected chi connectivity index (χ1v) is 9.51. The quantitative estimate of drug-likeness (QED) is 0.526. The predicted molar refractivity (Wildman–Crippen MR) is 104 cm³/mol. The second-order valence-corrected chi connectivity index (χ2v) is 6.85. The summed E-state index contributed by atoms with van der Waals surface area (Å²) in [7, 11) is -1.35. The lowest BCUT2D eigenvalue weighted by atomic mass is 9.72. The summed E-state index contributed by atoms with van der Waals surface area (Å²) >= 11 is 0. The van der Waals surface area contributed by atoms with Crippen molar-refractivity contribution in [2.24, 2.45) is 0 Å². The SMILES string of the molecule is CCN(CC)Cc1cn(CC(=O)N[C@H]2Cc3cccc(C(=O)O)c3OB2O)nn1. The first-order chi connectivity index (χ1) is 13.9. The van der Waals surface area contributed by atoms with E-state index in [0.717, 1.165) is 18.8 Å². The highest BCUT2D eigenvalue weighted by Crippen LogP contribution is 2.30. The minimum absolute atomic E-state index is 0.0188. The zero-order chi connectivity index (χ0) is 21.0. The first kappa shape index (κ1) is 20.8. The number of nitrogens with zero attached hydrogens (tertiary/aromatic N) is 4. The maximum Gasteiger partial charge on any atom is 0.547 e. The summed E-state index contributed by atoms with van der Waals surface area (Å²) < 4.78 is 6.83. The van der Waals surface area contributed by atoms with Crippen molar-refractivity contribution in [3.63, 3.8) is 0 Å². The van der Waals surface area contributed by atoms with Gasteiger partial charge in [-0.15, -0.1) is 5.10 Å². The van der Waals surface area contributed by atoms with Gasteiger partial charge in [0.05, 0.1) is 23.4 Å². The number of carbonyl (C=O) groups excluding carboxylic acids is 1. The summed E-state index contributed by atoms with van der Waals surface area (Å²) in [4.78, 5) is 25.9. The second-order valence-electron chi connectivity index (χ2n) is 6.85. The van der Waals surface area contributed by atoms with E-state index in [1.807, 2.05) is 0 Å². The van der Waals surface area contributed by atoms with E-state index in [9.17, 15) is 19.7 Å². The van der Waals surface area contributed by atoms with Crippen LogP contribution in [0.2, 0.25) is 0 Å². The lowest BCUT2D eigenvalue weighted by Gasteiger charge is -2.28. The molecule has 0 aliphatic carbocycles. The molecule has 0 radical (unpaired) electrons. The molecule has 1 aromatic heterocycles. The van der Waals surface area contributed by atoms with E-state index in [2.05, 4.69) is 34.4 Å². The van der Waals surface area contributed by atoms with Crippen molar-refractivity contribution in [3.8, 4) is 5.75 Å². The van der Waals surface area contributed by atoms with Gasteiger partial charge in [0.2, 0.25) is 5.91 Å². The number of hydrogen-bond acceptors (Lipinski definition) is 7. The van der Waals surface area contributed by atoms with Crippen LogP contribution in [0.1, 0.15) is 35.5 Å². The molecule has 1 aromatic carbocycles. The van der Waals surface area contributed by atoms with E-state index < -0.39 is 19.0 Å². The van der Waals surface area contributed by atoms with Crippen molar-refractivity contribution in [2.45, 2.75) is 39.3 Å². The molecule has 2 heterocycles. The molecule has 154 valence electrons. The molecule has 0 saturated carbocycles. The van der Waals surface area contributed by atoms with Gasteiger partial charge in [0.15, 0.2) is 0 Å². The number of fused-ring (bicyclic) bond motifs is 1. The Morgan fingerprint density at radius 1 is 1.38 bits per heavy atom. The molecule has 1 amide bonds. The third kappa shape index (κ3) is 4.93. The highest BCUT2D eigenvalue weighted by Gasteiger charge is 2.37. The number of carboxylic acid groups (broad SMARTS) is 1. The van der Waals surface area contributed by atoms with E-state index in [-0.39, 0.29) is 30.2 Å². The number of benzene rings is 1. The molecule has 0 unspecified atom stereocenters. The van der Waals surface area contributed by atoms with Crippen molar-refractivity contribution in [2.75, 3.05) is 13.1 Å². The summed E-state index contributed by atoms with van der Waals surface area (Å²) in [5.74, 6) is -2.05. The van der Waals surface area contributed by atoms with Crippen LogP contribution in [0.5, 0.6) is 5.75 Å². The Balaban J connectivity index is 1.61. The summed E-state index contributed by atoms with van der Waals surface area (Å²) in [6.45, 7) is 6.54. The van der Waals surface area contributed by atoms with Crippen LogP contribution >= 0.6 is 0 Å². The maximum atomic E-state index is 12.4. The molecule has 0 fully saturated rings. The molecule has 0 spiro atoms. The largest absolute Gasteiger partial charge is 0.547 e. The van der Waals surface area contributed by atoms with Gasteiger partial charge >= 0.3 is 13.1 Å². The molecular formula is C18H24BN5O5. The van der Waals surface area contributed by atoms with Crippen LogP contribution < -0.4 is 9.97 Å². The van der Waals surface area contributed by atoms with E-state index in [4.69, 9.17) is 4.65 Å². The third-order valence-electron chi connectivity index (χ3n) is 4.87. The van der Waals surface area contributed by atoms with Crippen LogP contribution in [0, 0.1) is 0 Å². The summed E-state index contributed by atoms with van der Waals surface area (Å²) in [5, 5.41) is 30.2. The molecule has 0 saturated heterocycles. The Kier molecular flexibility index (Phi) is 6.50. The minimum Gasteiger partial charge on any atom is -0.534 e. The number of nitrogens with one attached hydrogen (secondary N) is 1. The average molecular weight is 401 g/mol. The number of para-hydroxylation sites is 1. The lowest BCUT2D eigenvalue weighted by Crippen LogP contribution is -2.53. The fourth-order valence-corrected chi connectivity index (χ4v) is 3.28. The van der Waals surface area contributed by atoms with E-state index >= 15 is 0 Å². The van der Waals surface area contributed by atoms with Crippen LogP contribution in [0.15, 0.2) is 24.4 Å². The minimum atomic E-state index is -1.35. The van der Waals surface area contributed by atoms with Crippen molar-refractivity contribution < 1.29 is 24.4 Å². The van der Waals surface area contributed by atoms with Gasteiger partial charge in [-0.25, -0.2) is 9.48 Å². The van der Waals surface area contributed by atoms with Crippen molar-refractivity contribution >= 4 is 19.0 Å². The molecule has 3 rings (SSSR count). The normalized spacial score (nSPS) is 15.7. The molecule has 0 bridgehead atoms. The highest BCUT2D eigenvalue weighted by molar-refractivity contribution is 6.47. The molecule has 29 heavy (non-hydrogen) atoms. The van der Waals surface area contributed by atoms with Gasteiger partial charge in [0.1, 0.15) is 12.3 Å². The molecule has 10 nitrogen and oxygen atoms in total. The fourth-order valence-electron chi connectivity index (χ4n) is 3.28. The van der Waals surface area contributed by atoms with Crippen molar-refractivity contribution in [1.82, 2.24) is 25.2 Å². The maximum absolute atomic E-state index is 12.4. The van der Waals surface area contributed by atoms with Gasteiger partial charge in [-0.2, -0.15) is 0 Å². The van der Waals surface area contributed by atoms with E-state index in [1.54, 1.807) is 18.3 Å². The van der Waals surface area contributed by atoms with Crippen LogP contribution in [-0.4, -0.2) is 68.0 Å². The van der Waals surface area contributed by atoms with Gasteiger partial charge in [-0.1, -0.05) is 31.2 Å². The van der Waals surface area contributed by atoms with Crippen LogP contribution in [-0.2, 0) is 24.3 Å².